The molecule has 1 aromatic carbocycles. The van der Waals surface area contributed by atoms with Gasteiger partial charge in [0, 0.05) is 6.54 Å². The zero-order chi connectivity index (χ0) is 13.1. The van der Waals surface area contributed by atoms with Crippen LogP contribution in [0.5, 0.6) is 11.5 Å². The van der Waals surface area contributed by atoms with E-state index >= 15 is 0 Å². The van der Waals surface area contributed by atoms with Crippen LogP contribution >= 0.6 is 11.6 Å². The van der Waals surface area contributed by atoms with Crippen molar-refractivity contribution in [2.45, 2.75) is 6.54 Å². The molecule has 0 unspecified atom stereocenters. The number of esters is 1. The topological polar surface area (TPSA) is 48.0 Å². The minimum atomic E-state index is -0.274. The van der Waals surface area contributed by atoms with Crippen molar-refractivity contribution in [2.75, 3.05) is 27.5 Å². The van der Waals surface area contributed by atoms with Crippen molar-refractivity contribution in [1.82, 2.24) is 4.90 Å². The third kappa shape index (κ3) is 2.86. The molecule has 0 fully saturated rings. The summed E-state index contributed by atoms with van der Waals surface area (Å²) in [5.41, 5.74) is 0.954. The van der Waals surface area contributed by atoms with Gasteiger partial charge in [-0.1, -0.05) is 11.6 Å². The van der Waals surface area contributed by atoms with Gasteiger partial charge in [-0.3, -0.25) is 9.69 Å². The van der Waals surface area contributed by atoms with Crippen molar-refractivity contribution >= 4 is 17.6 Å². The van der Waals surface area contributed by atoms with E-state index in [0.717, 1.165) is 5.56 Å². The smallest absolute Gasteiger partial charge is 0.319 e. The van der Waals surface area contributed by atoms with Crippen molar-refractivity contribution in [3.05, 3.63) is 22.7 Å². The Hall–Kier alpha value is -1.46. The predicted octanol–water partition coefficient (Wildman–Crippen LogP) is 1.67. The summed E-state index contributed by atoms with van der Waals surface area (Å²) in [7, 11) is 3.20. The quantitative estimate of drug-likeness (QED) is 0.780. The van der Waals surface area contributed by atoms with E-state index in [1.165, 1.54) is 7.11 Å². The second-order valence-corrected chi connectivity index (χ2v) is 4.47. The zero-order valence-electron chi connectivity index (χ0n) is 10.2. The highest BCUT2D eigenvalue weighted by Crippen LogP contribution is 2.39. The number of nitrogens with zero attached hydrogens (tertiary/aromatic N) is 1. The highest BCUT2D eigenvalue weighted by molar-refractivity contribution is 6.32. The number of benzene rings is 1. The highest BCUT2D eigenvalue weighted by Gasteiger charge is 2.19. The van der Waals surface area contributed by atoms with E-state index in [1.807, 2.05) is 24.1 Å². The molecule has 0 aliphatic carbocycles. The van der Waals surface area contributed by atoms with Gasteiger partial charge in [-0.05, 0) is 24.7 Å². The van der Waals surface area contributed by atoms with Gasteiger partial charge in [-0.2, -0.15) is 0 Å². The van der Waals surface area contributed by atoms with E-state index in [0.29, 0.717) is 23.1 Å². The van der Waals surface area contributed by atoms with Gasteiger partial charge < -0.3 is 14.2 Å². The van der Waals surface area contributed by atoms with E-state index in [9.17, 15) is 4.79 Å². The average molecular weight is 272 g/mol. The van der Waals surface area contributed by atoms with Crippen molar-refractivity contribution < 1.29 is 19.0 Å². The third-order valence-electron chi connectivity index (χ3n) is 2.57. The van der Waals surface area contributed by atoms with Crippen molar-refractivity contribution in [1.29, 1.82) is 0 Å². The number of hydrogen-bond acceptors (Lipinski definition) is 5. The normalized spacial score (nSPS) is 12.9. The molecule has 0 spiro atoms. The van der Waals surface area contributed by atoms with Crippen LogP contribution in [0.1, 0.15) is 5.56 Å². The molecule has 98 valence electrons. The summed E-state index contributed by atoms with van der Waals surface area (Å²) in [6, 6.07) is 3.67. The van der Waals surface area contributed by atoms with E-state index in [1.54, 1.807) is 0 Å². The lowest BCUT2D eigenvalue weighted by molar-refractivity contribution is -0.141. The zero-order valence-corrected chi connectivity index (χ0v) is 11.0. The largest absolute Gasteiger partial charge is 0.468 e. The standard InChI is InChI=1S/C12H14ClNO4/c1-14(6-11(15)16-2)5-8-3-9(13)12-10(4-8)17-7-18-12/h3-4H,5-7H2,1-2H3. The van der Waals surface area contributed by atoms with Crippen LogP contribution in [0, 0.1) is 0 Å². The lowest BCUT2D eigenvalue weighted by atomic mass is 10.2. The molecule has 1 aliphatic heterocycles. The Morgan fingerprint density at radius 3 is 3.00 bits per heavy atom. The Kier molecular flexibility index (Phi) is 3.93. The summed E-state index contributed by atoms with van der Waals surface area (Å²) in [4.78, 5) is 13.0. The molecule has 2 rings (SSSR count). The van der Waals surface area contributed by atoms with Crippen LogP contribution in [-0.4, -0.2) is 38.4 Å². The Labute approximate surface area is 110 Å². The number of methoxy groups -OCH3 is 1. The summed E-state index contributed by atoms with van der Waals surface area (Å²) in [5, 5.41) is 0.520. The fraction of sp³-hybridized carbons (Fsp3) is 0.417. The number of carbonyl (C=O) groups excluding carboxylic acids is 1. The average Bonchev–Trinajstić information content (AvgIpc) is 2.77. The maximum absolute atomic E-state index is 11.1. The summed E-state index contributed by atoms with van der Waals surface area (Å²) in [5.74, 6) is 0.948. The first-order chi connectivity index (χ1) is 8.60. The molecule has 5 nitrogen and oxygen atoms in total. The maximum Gasteiger partial charge on any atom is 0.319 e. The maximum atomic E-state index is 11.1. The lowest BCUT2D eigenvalue weighted by Crippen LogP contribution is -2.26. The van der Waals surface area contributed by atoms with Gasteiger partial charge >= 0.3 is 5.97 Å². The fourth-order valence-electron chi connectivity index (χ4n) is 1.76. The molecule has 6 heteroatoms. The van der Waals surface area contributed by atoms with Gasteiger partial charge in [0.1, 0.15) is 0 Å². The van der Waals surface area contributed by atoms with Crippen molar-refractivity contribution in [2.24, 2.45) is 0 Å². The van der Waals surface area contributed by atoms with E-state index in [-0.39, 0.29) is 19.3 Å². The number of rotatable bonds is 4. The van der Waals surface area contributed by atoms with E-state index in [4.69, 9.17) is 21.1 Å². The monoisotopic (exact) mass is 271 g/mol. The molecule has 0 atom stereocenters. The van der Waals surface area contributed by atoms with Crippen LogP contribution in [0.2, 0.25) is 5.02 Å². The van der Waals surface area contributed by atoms with Gasteiger partial charge in [0.25, 0.3) is 0 Å². The Bertz CT molecular complexity index is 464. The van der Waals surface area contributed by atoms with Crippen molar-refractivity contribution in [3.8, 4) is 11.5 Å². The van der Waals surface area contributed by atoms with Gasteiger partial charge in [-0.25, -0.2) is 0 Å². The Morgan fingerprint density at radius 1 is 1.50 bits per heavy atom. The molecule has 0 bridgehead atoms. The minimum absolute atomic E-state index is 0.191. The van der Waals surface area contributed by atoms with E-state index in [2.05, 4.69) is 4.74 Å². The number of hydrogen-bond donors (Lipinski definition) is 0. The summed E-state index contributed by atoms with van der Waals surface area (Å²) < 4.78 is 15.1. The highest BCUT2D eigenvalue weighted by atomic mass is 35.5. The van der Waals surface area contributed by atoms with Crippen LogP contribution in [0.25, 0.3) is 0 Å². The van der Waals surface area contributed by atoms with Crippen LogP contribution in [-0.2, 0) is 16.1 Å². The first-order valence-electron chi connectivity index (χ1n) is 5.43. The Morgan fingerprint density at radius 2 is 2.28 bits per heavy atom. The number of ether oxygens (including phenoxy) is 3. The van der Waals surface area contributed by atoms with E-state index < -0.39 is 0 Å². The minimum Gasteiger partial charge on any atom is -0.468 e. The third-order valence-corrected chi connectivity index (χ3v) is 2.85. The molecule has 1 aliphatic rings. The van der Waals surface area contributed by atoms with Crippen molar-refractivity contribution in [3.63, 3.8) is 0 Å². The molecule has 0 saturated carbocycles. The molecular weight excluding hydrogens is 258 g/mol. The summed E-state index contributed by atoms with van der Waals surface area (Å²) >= 11 is 6.08. The van der Waals surface area contributed by atoms with Gasteiger partial charge in [0.2, 0.25) is 6.79 Å². The first kappa shape index (κ1) is 13.0. The second kappa shape index (κ2) is 5.46. The summed E-state index contributed by atoms with van der Waals surface area (Å²) in [6.45, 7) is 0.991. The molecule has 0 saturated heterocycles. The Balaban J connectivity index is 2.06. The van der Waals surface area contributed by atoms with Crippen LogP contribution in [0.15, 0.2) is 12.1 Å². The molecule has 1 heterocycles. The first-order valence-corrected chi connectivity index (χ1v) is 5.81. The number of fused-ring (bicyclic) bond motifs is 1. The molecule has 0 aromatic heterocycles. The van der Waals surface area contributed by atoms with Gasteiger partial charge in [0.15, 0.2) is 11.5 Å². The van der Waals surface area contributed by atoms with Gasteiger partial charge in [0.05, 0.1) is 18.7 Å². The lowest BCUT2D eigenvalue weighted by Gasteiger charge is -2.15. The number of halogens is 1. The van der Waals surface area contributed by atoms with Crippen LogP contribution in [0.3, 0.4) is 0 Å². The molecule has 0 amide bonds. The SMILES string of the molecule is COC(=O)CN(C)Cc1cc(Cl)c2c(c1)OCO2. The molecular formula is C12H14ClNO4. The molecule has 1 aromatic rings. The fourth-order valence-corrected chi connectivity index (χ4v) is 2.05. The number of likely N-dealkylation sites (N-methyl/N-ethyl adjacent to an activating group) is 1. The molecule has 18 heavy (non-hydrogen) atoms. The predicted molar refractivity (Wildman–Crippen MR) is 65.9 cm³/mol. The molecule has 0 N–H and O–H groups in total. The van der Waals surface area contributed by atoms with Gasteiger partial charge in [-0.15, -0.1) is 0 Å². The summed E-state index contributed by atoms with van der Waals surface area (Å²) in [6.07, 6.45) is 0. The van der Waals surface area contributed by atoms with Crippen LogP contribution < -0.4 is 9.47 Å². The number of carbonyl (C=O) groups is 1. The molecule has 0 radical (unpaired) electrons. The van der Waals surface area contributed by atoms with Crippen LogP contribution in [0.4, 0.5) is 0 Å². The second-order valence-electron chi connectivity index (χ2n) is 4.06.